The summed E-state index contributed by atoms with van der Waals surface area (Å²) < 4.78 is 1.62. The first-order valence-electron chi connectivity index (χ1n) is 8.29. The Morgan fingerprint density at radius 3 is 2.48 bits per heavy atom. The van der Waals surface area contributed by atoms with Gasteiger partial charge in [-0.15, -0.1) is 0 Å². The Morgan fingerprint density at radius 2 is 1.91 bits per heavy atom. The molecule has 1 aromatic heterocycles. The van der Waals surface area contributed by atoms with Crippen LogP contribution in [0.3, 0.4) is 0 Å². The number of amides is 2. The van der Waals surface area contributed by atoms with Gasteiger partial charge in [0.25, 0.3) is 11.5 Å². The minimum absolute atomic E-state index is 0.130. The van der Waals surface area contributed by atoms with Crippen LogP contribution >= 0.6 is 0 Å². The molecule has 2 amide bonds. The number of aryl methyl sites for hydroxylation is 1. The molecule has 2 aliphatic carbocycles. The van der Waals surface area contributed by atoms with Gasteiger partial charge in [-0.2, -0.15) is 0 Å². The third kappa shape index (κ3) is 2.90. The SMILES string of the molecule is Cc1ccn(C2CC2)c(=O)c1C(=O)NC1(C(N)=O)CCCCC1. The molecular formula is C17H23N3O3. The molecule has 0 spiro atoms. The average Bonchev–Trinajstić information content (AvgIpc) is 3.33. The zero-order valence-electron chi connectivity index (χ0n) is 13.4. The van der Waals surface area contributed by atoms with Gasteiger partial charge in [0.1, 0.15) is 11.1 Å². The number of pyridine rings is 1. The number of primary amides is 1. The number of carbonyl (C=O) groups is 2. The van der Waals surface area contributed by atoms with Crippen LogP contribution in [-0.4, -0.2) is 21.9 Å². The first-order valence-corrected chi connectivity index (χ1v) is 8.29. The summed E-state index contributed by atoms with van der Waals surface area (Å²) in [5, 5.41) is 2.79. The van der Waals surface area contributed by atoms with E-state index in [-0.39, 0.29) is 17.2 Å². The van der Waals surface area contributed by atoms with Gasteiger partial charge in [0.15, 0.2) is 0 Å². The molecule has 0 radical (unpaired) electrons. The Bertz CT molecular complexity index is 698. The second kappa shape index (κ2) is 5.83. The molecule has 0 bridgehead atoms. The van der Waals surface area contributed by atoms with Crippen molar-refractivity contribution in [3.05, 3.63) is 33.7 Å². The van der Waals surface area contributed by atoms with Crippen LogP contribution in [-0.2, 0) is 4.79 Å². The quantitative estimate of drug-likeness (QED) is 0.879. The molecule has 1 aromatic rings. The van der Waals surface area contributed by atoms with E-state index in [2.05, 4.69) is 5.32 Å². The van der Waals surface area contributed by atoms with Gasteiger partial charge < -0.3 is 15.6 Å². The predicted molar refractivity (Wildman–Crippen MR) is 86.2 cm³/mol. The lowest BCUT2D eigenvalue weighted by molar-refractivity contribution is -0.125. The predicted octanol–water partition coefficient (Wildman–Crippen LogP) is 1.41. The van der Waals surface area contributed by atoms with Crippen LogP contribution in [0.1, 0.15) is 66.9 Å². The molecule has 3 rings (SSSR count). The summed E-state index contributed by atoms with van der Waals surface area (Å²) in [4.78, 5) is 37.3. The van der Waals surface area contributed by atoms with E-state index >= 15 is 0 Å². The van der Waals surface area contributed by atoms with Crippen LogP contribution in [0.5, 0.6) is 0 Å². The molecule has 2 fully saturated rings. The number of hydrogen-bond acceptors (Lipinski definition) is 3. The van der Waals surface area contributed by atoms with E-state index in [4.69, 9.17) is 5.73 Å². The Morgan fingerprint density at radius 1 is 1.26 bits per heavy atom. The lowest BCUT2D eigenvalue weighted by Crippen LogP contribution is -2.59. The fraction of sp³-hybridized carbons (Fsp3) is 0.588. The van der Waals surface area contributed by atoms with Crippen molar-refractivity contribution in [1.82, 2.24) is 9.88 Å². The van der Waals surface area contributed by atoms with Crippen LogP contribution in [0.25, 0.3) is 0 Å². The minimum atomic E-state index is -1.02. The molecule has 124 valence electrons. The topological polar surface area (TPSA) is 94.2 Å². The minimum Gasteiger partial charge on any atom is -0.368 e. The molecule has 0 unspecified atom stereocenters. The molecule has 6 heteroatoms. The van der Waals surface area contributed by atoms with Crippen molar-refractivity contribution < 1.29 is 9.59 Å². The lowest BCUT2D eigenvalue weighted by atomic mass is 9.81. The third-order valence-corrected chi connectivity index (χ3v) is 5.03. The van der Waals surface area contributed by atoms with Crippen LogP contribution in [0.2, 0.25) is 0 Å². The van der Waals surface area contributed by atoms with Gasteiger partial charge in [-0.05, 0) is 44.2 Å². The van der Waals surface area contributed by atoms with Crippen LogP contribution in [0.4, 0.5) is 0 Å². The van der Waals surface area contributed by atoms with Crippen molar-refractivity contribution in [3.8, 4) is 0 Å². The zero-order valence-corrected chi connectivity index (χ0v) is 13.4. The van der Waals surface area contributed by atoms with Crippen molar-refractivity contribution >= 4 is 11.8 Å². The number of nitrogens with two attached hydrogens (primary N) is 1. The van der Waals surface area contributed by atoms with E-state index in [0.29, 0.717) is 18.4 Å². The van der Waals surface area contributed by atoms with Crippen molar-refractivity contribution in [2.24, 2.45) is 5.73 Å². The molecule has 2 saturated carbocycles. The molecule has 0 saturated heterocycles. The van der Waals surface area contributed by atoms with E-state index < -0.39 is 17.4 Å². The number of nitrogens with one attached hydrogen (secondary N) is 1. The maximum absolute atomic E-state index is 12.7. The summed E-state index contributed by atoms with van der Waals surface area (Å²) >= 11 is 0. The molecule has 0 aliphatic heterocycles. The van der Waals surface area contributed by atoms with Gasteiger partial charge in [-0.1, -0.05) is 19.3 Å². The van der Waals surface area contributed by atoms with Gasteiger partial charge in [-0.3, -0.25) is 14.4 Å². The third-order valence-electron chi connectivity index (χ3n) is 5.03. The second-order valence-corrected chi connectivity index (χ2v) is 6.78. The van der Waals surface area contributed by atoms with Gasteiger partial charge in [-0.25, -0.2) is 0 Å². The number of rotatable bonds is 4. The van der Waals surface area contributed by atoms with E-state index in [0.717, 1.165) is 32.1 Å². The van der Waals surface area contributed by atoms with Crippen molar-refractivity contribution in [3.63, 3.8) is 0 Å². The summed E-state index contributed by atoms with van der Waals surface area (Å²) in [6, 6.07) is 1.99. The van der Waals surface area contributed by atoms with Gasteiger partial charge in [0.2, 0.25) is 5.91 Å². The van der Waals surface area contributed by atoms with Crippen molar-refractivity contribution in [2.45, 2.75) is 63.5 Å². The fourth-order valence-corrected chi connectivity index (χ4v) is 3.43. The van der Waals surface area contributed by atoms with Gasteiger partial charge in [0, 0.05) is 12.2 Å². The van der Waals surface area contributed by atoms with Crippen LogP contribution in [0, 0.1) is 6.92 Å². The Balaban J connectivity index is 1.92. The zero-order chi connectivity index (χ0) is 16.6. The first kappa shape index (κ1) is 15.8. The Hall–Kier alpha value is -2.11. The fourth-order valence-electron chi connectivity index (χ4n) is 3.43. The van der Waals surface area contributed by atoms with Crippen molar-refractivity contribution in [1.29, 1.82) is 0 Å². The first-order chi connectivity index (χ1) is 10.9. The molecule has 0 atom stereocenters. The Kier molecular flexibility index (Phi) is 4.00. The smallest absolute Gasteiger partial charge is 0.263 e. The second-order valence-electron chi connectivity index (χ2n) is 6.78. The maximum atomic E-state index is 12.7. The van der Waals surface area contributed by atoms with E-state index in [1.165, 1.54) is 0 Å². The molecule has 1 heterocycles. The van der Waals surface area contributed by atoms with E-state index in [9.17, 15) is 14.4 Å². The highest BCUT2D eigenvalue weighted by Gasteiger charge is 2.40. The summed E-state index contributed by atoms with van der Waals surface area (Å²) in [5.74, 6) is -0.996. The monoisotopic (exact) mass is 317 g/mol. The number of aromatic nitrogens is 1. The summed E-state index contributed by atoms with van der Waals surface area (Å²) in [7, 11) is 0. The lowest BCUT2D eigenvalue weighted by Gasteiger charge is -2.35. The van der Waals surface area contributed by atoms with Crippen LogP contribution < -0.4 is 16.6 Å². The molecule has 3 N–H and O–H groups in total. The number of hydrogen-bond donors (Lipinski definition) is 2. The molecule has 23 heavy (non-hydrogen) atoms. The summed E-state index contributed by atoms with van der Waals surface area (Å²) in [6.45, 7) is 1.74. The maximum Gasteiger partial charge on any atom is 0.263 e. The molecular weight excluding hydrogens is 294 g/mol. The van der Waals surface area contributed by atoms with Gasteiger partial charge >= 0.3 is 0 Å². The number of nitrogens with zero attached hydrogens (tertiary/aromatic N) is 1. The van der Waals surface area contributed by atoms with Gasteiger partial charge in [0.05, 0.1) is 0 Å². The largest absolute Gasteiger partial charge is 0.368 e. The van der Waals surface area contributed by atoms with E-state index in [1.807, 2.05) is 0 Å². The Labute approximate surface area is 135 Å². The molecule has 0 aromatic carbocycles. The highest BCUT2D eigenvalue weighted by atomic mass is 16.2. The molecule has 6 nitrogen and oxygen atoms in total. The molecule has 2 aliphatic rings. The number of carbonyl (C=O) groups excluding carboxylic acids is 2. The normalized spacial score (nSPS) is 20.0. The van der Waals surface area contributed by atoms with Crippen molar-refractivity contribution in [2.75, 3.05) is 0 Å². The average molecular weight is 317 g/mol. The highest BCUT2D eigenvalue weighted by molar-refractivity contribution is 5.99. The standard InChI is InChI=1S/C17H23N3O3/c1-11-7-10-20(12-5-6-12)15(22)13(11)14(21)19-17(16(18)23)8-3-2-4-9-17/h7,10,12H,2-6,8-9H2,1H3,(H2,18,23)(H,19,21). The van der Waals surface area contributed by atoms with Crippen LogP contribution in [0.15, 0.2) is 17.1 Å². The van der Waals surface area contributed by atoms with E-state index in [1.54, 1.807) is 23.8 Å². The highest BCUT2D eigenvalue weighted by Crippen LogP contribution is 2.33. The summed E-state index contributed by atoms with van der Waals surface area (Å²) in [6.07, 6.45) is 7.49. The summed E-state index contributed by atoms with van der Waals surface area (Å²) in [5.41, 5.74) is 5.01.